The zero-order chi connectivity index (χ0) is 15.1. The van der Waals surface area contributed by atoms with Gasteiger partial charge in [-0.2, -0.15) is 0 Å². The monoisotopic (exact) mass is 293 g/mol. The van der Waals surface area contributed by atoms with E-state index in [1.54, 1.807) is 30.3 Å². The summed E-state index contributed by atoms with van der Waals surface area (Å²) in [6, 6.07) is 1.21. The Kier molecular flexibility index (Phi) is 6.22. The third kappa shape index (κ3) is 4.08. The number of hydrogen-bond acceptors (Lipinski definition) is 4. The Morgan fingerprint density at radius 2 is 2.25 bits per heavy atom. The van der Waals surface area contributed by atoms with Crippen molar-refractivity contribution < 1.29 is 9.59 Å². The molecule has 1 rings (SSSR count). The molecule has 1 aromatic heterocycles. The SMILES string of the molecule is CCN(C)C(=O)C(C)NC(=O)c1sccc1C#CCN. The van der Waals surface area contributed by atoms with Crippen LogP contribution in [0.25, 0.3) is 0 Å². The van der Waals surface area contributed by atoms with Crippen molar-refractivity contribution in [3.05, 3.63) is 21.9 Å². The lowest BCUT2D eigenvalue weighted by molar-refractivity contribution is -0.131. The second-order valence-electron chi connectivity index (χ2n) is 4.22. The molecule has 0 fully saturated rings. The lowest BCUT2D eigenvalue weighted by Crippen LogP contribution is -2.45. The molecule has 0 saturated heterocycles. The Bertz CT molecular complexity index is 542. The molecule has 0 spiro atoms. The molecule has 0 bridgehead atoms. The molecule has 2 amide bonds. The quantitative estimate of drug-likeness (QED) is 0.801. The minimum Gasteiger partial charge on any atom is -0.344 e. The molecule has 0 aliphatic rings. The van der Waals surface area contributed by atoms with Gasteiger partial charge in [0.05, 0.1) is 6.54 Å². The highest BCUT2D eigenvalue weighted by Gasteiger charge is 2.20. The van der Waals surface area contributed by atoms with Gasteiger partial charge in [0.15, 0.2) is 0 Å². The maximum atomic E-state index is 12.1. The fourth-order valence-corrected chi connectivity index (χ4v) is 2.29. The molecule has 0 radical (unpaired) electrons. The number of rotatable bonds is 4. The molecule has 6 heteroatoms. The Labute approximate surface area is 123 Å². The molecule has 1 aromatic rings. The zero-order valence-corrected chi connectivity index (χ0v) is 12.7. The van der Waals surface area contributed by atoms with Crippen molar-refractivity contribution in [2.24, 2.45) is 5.73 Å². The van der Waals surface area contributed by atoms with Gasteiger partial charge in [-0.15, -0.1) is 11.3 Å². The van der Waals surface area contributed by atoms with Crippen LogP contribution < -0.4 is 11.1 Å². The number of amides is 2. The Morgan fingerprint density at radius 1 is 1.55 bits per heavy atom. The first-order chi connectivity index (χ1) is 9.51. The van der Waals surface area contributed by atoms with E-state index in [0.29, 0.717) is 17.0 Å². The number of nitrogens with one attached hydrogen (secondary N) is 1. The van der Waals surface area contributed by atoms with Crippen LogP contribution in [0, 0.1) is 11.8 Å². The van der Waals surface area contributed by atoms with Gasteiger partial charge in [0.1, 0.15) is 10.9 Å². The van der Waals surface area contributed by atoms with E-state index in [1.807, 2.05) is 6.92 Å². The maximum Gasteiger partial charge on any atom is 0.263 e. The molecule has 1 unspecified atom stereocenters. The topological polar surface area (TPSA) is 75.4 Å². The molecule has 1 atom stereocenters. The molecular formula is C14H19N3O2S. The van der Waals surface area contributed by atoms with Crippen molar-refractivity contribution in [2.45, 2.75) is 19.9 Å². The summed E-state index contributed by atoms with van der Waals surface area (Å²) >= 11 is 1.30. The maximum absolute atomic E-state index is 12.1. The number of hydrogen-bond donors (Lipinski definition) is 2. The molecule has 0 aliphatic carbocycles. The van der Waals surface area contributed by atoms with Crippen LogP contribution in [-0.4, -0.2) is 42.9 Å². The lowest BCUT2D eigenvalue weighted by Gasteiger charge is -2.20. The summed E-state index contributed by atoms with van der Waals surface area (Å²) in [6.07, 6.45) is 0. The van der Waals surface area contributed by atoms with Crippen molar-refractivity contribution >= 4 is 23.2 Å². The molecule has 0 aromatic carbocycles. The predicted octanol–water partition coefficient (Wildman–Crippen LogP) is 0.655. The van der Waals surface area contributed by atoms with E-state index in [-0.39, 0.29) is 18.4 Å². The van der Waals surface area contributed by atoms with E-state index < -0.39 is 6.04 Å². The summed E-state index contributed by atoms with van der Waals surface area (Å²) in [5, 5.41) is 4.49. The van der Waals surface area contributed by atoms with Gasteiger partial charge in [-0.25, -0.2) is 0 Å². The average Bonchev–Trinajstić information content (AvgIpc) is 2.91. The van der Waals surface area contributed by atoms with Gasteiger partial charge in [0.2, 0.25) is 5.91 Å². The minimum atomic E-state index is -0.565. The average molecular weight is 293 g/mol. The molecule has 1 heterocycles. The van der Waals surface area contributed by atoms with Crippen LogP contribution in [0.3, 0.4) is 0 Å². The van der Waals surface area contributed by atoms with E-state index in [0.717, 1.165) is 0 Å². The lowest BCUT2D eigenvalue weighted by atomic mass is 10.2. The van der Waals surface area contributed by atoms with E-state index in [1.165, 1.54) is 11.3 Å². The highest BCUT2D eigenvalue weighted by Crippen LogP contribution is 2.15. The van der Waals surface area contributed by atoms with Crippen LogP contribution in [0.2, 0.25) is 0 Å². The first-order valence-electron chi connectivity index (χ1n) is 6.33. The van der Waals surface area contributed by atoms with Crippen molar-refractivity contribution in [2.75, 3.05) is 20.1 Å². The van der Waals surface area contributed by atoms with Crippen molar-refractivity contribution in [1.29, 1.82) is 0 Å². The molecule has 20 heavy (non-hydrogen) atoms. The molecular weight excluding hydrogens is 274 g/mol. The van der Waals surface area contributed by atoms with Crippen molar-refractivity contribution in [1.82, 2.24) is 10.2 Å². The van der Waals surface area contributed by atoms with Gasteiger partial charge < -0.3 is 16.0 Å². The van der Waals surface area contributed by atoms with E-state index in [9.17, 15) is 9.59 Å². The summed E-state index contributed by atoms with van der Waals surface area (Å²) in [6.45, 7) is 4.40. The van der Waals surface area contributed by atoms with Gasteiger partial charge in [0, 0.05) is 19.2 Å². The van der Waals surface area contributed by atoms with Crippen molar-refractivity contribution in [3.63, 3.8) is 0 Å². The van der Waals surface area contributed by atoms with Crippen LogP contribution in [0.15, 0.2) is 11.4 Å². The van der Waals surface area contributed by atoms with E-state index in [4.69, 9.17) is 5.73 Å². The number of thiophene rings is 1. The van der Waals surface area contributed by atoms with Crippen LogP contribution in [-0.2, 0) is 4.79 Å². The van der Waals surface area contributed by atoms with Crippen LogP contribution in [0.1, 0.15) is 29.1 Å². The largest absolute Gasteiger partial charge is 0.344 e. The first kappa shape index (κ1) is 16.2. The number of nitrogens with zero attached hydrogens (tertiary/aromatic N) is 1. The number of likely N-dealkylation sites (N-methyl/N-ethyl adjacent to an activating group) is 1. The van der Waals surface area contributed by atoms with Gasteiger partial charge in [0.25, 0.3) is 5.91 Å². The fraction of sp³-hybridized carbons (Fsp3) is 0.429. The summed E-state index contributed by atoms with van der Waals surface area (Å²) in [5.41, 5.74) is 5.96. The van der Waals surface area contributed by atoms with Gasteiger partial charge in [-0.3, -0.25) is 9.59 Å². The fourth-order valence-electron chi connectivity index (χ4n) is 1.54. The zero-order valence-electron chi connectivity index (χ0n) is 11.9. The standard InChI is InChI=1S/C14H19N3O2S/c1-4-17(3)14(19)10(2)16-13(18)12-11(6-5-8-15)7-9-20-12/h7,9-10H,4,8,15H2,1-3H3,(H,16,18). The minimum absolute atomic E-state index is 0.119. The highest BCUT2D eigenvalue weighted by atomic mass is 32.1. The molecule has 0 saturated carbocycles. The molecule has 108 valence electrons. The second kappa shape index (κ2) is 7.68. The van der Waals surface area contributed by atoms with Gasteiger partial charge in [-0.05, 0) is 25.3 Å². The third-order valence-electron chi connectivity index (χ3n) is 2.77. The van der Waals surface area contributed by atoms with Gasteiger partial charge >= 0.3 is 0 Å². The smallest absolute Gasteiger partial charge is 0.263 e. The number of carbonyl (C=O) groups is 2. The van der Waals surface area contributed by atoms with Crippen LogP contribution >= 0.6 is 11.3 Å². The molecule has 0 aliphatic heterocycles. The third-order valence-corrected chi connectivity index (χ3v) is 3.68. The second-order valence-corrected chi connectivity index (χ2v) is 5.13. The summed E-state index contributed by atoms with van der Waals surface area (Å²) in [5.74, 6) is 5.16. The Morgan fingerprint density at radius 3 is 2.85 bits per heavy atom. The van der Waals surface area contributed by atoms with E-state index >= 15 is 0 Å². The summed E-state index contributed by atoms with van der Waals surface area (Å²) in [4.78, 5) is 26.1. The van der Waals surface area contributed by atoms with Gasteiger partial charge in [-0.1, -0.05) is 11.8 Å². The summed E-state index contributed by atoms with van der Waals surface area (Å²) in [7, 11) is 1.70. The number of nitrogens with two attached hydrogens (primary N) is 1. The normalized spacial score (nSPS) is 11.2. The van der Waals surface area contributed by atoms with Crippen LogP contribution in [0.5, 0.6) is 0 Å². The Balaban J connectivity index is 2.77. The Hall–Kier alpha value is -1.84. The van der Waals surface area contributed by atoms with Crippen molar-refractivity contribution in [3.8, 4) is 11.8 Å². The molecule has 5 nitrogen and oxygen atoms in total. The first-order valence-corrected chi connectivity index (χ1v) is 7.21. The van der Waals surface area contributed by atoms with Crippen LogP contribution in [0.4, 0.5) is 0 Å². The van der Waals surface area contributed by atoms with E-state index in [2.05, 4.69) is 17.2 Å². The number of carbonyl (C=O) groups excluding carboxylic acids is 2. The predicted molar refractivity (Wildman–Crippen MR) is 80.5 cm³/mol. The highest BCUT2D eigenvalue weighted by molar-refractivity contribution is 7.12. The summed E-state index contributed by atoms with van der Waals surface area (Å²) < 4.78 is 0. The molecule has 3 N–H and O–H groups in total.